The van der Waals surface area contributed by atoms with Crippen molar-refractivity contribution in [2.75, 3.05) is 10.6 Å². The van der Waals surface area contributed by atoms with Crippen LogP contribution in [-0.4, -0.2) is 11.8 Å². The molecule has 0 fully saturated rings. The molecule has 2 amide bonds. The Kier molecular flexibility index (Phi) is 3.92. The molecular weight excluding hydrogens is 276 g/mol. The van der Waals surface area contributed by atoms with E-state index in [-0.39, 0.29) is 11.8 Å². The molecule has 0 saturated heterocycles. The Bertz CT molecular complexity index is 738. The van der Waals surface area contributed by atoms with E-state index in [4.69, 9.17) is 0 Å². The summed E-state index contributed by atoms with van der Waals surface area (Å²) < 4.78 is 0. The molecule has 4 heteroatoms. The number of anilines is 2. The van der Waals surface area contributed by atoms with Crippen molar-refractivity contribution in [3.63, 3.8) is 0 Å². The van der Waals surface area contributed by atoms with Crippen molar-refractivity contribution < 1.29 is 9.59 Å². The minimum Gasteiger partial charge on any atom is -0.326 e. The van der Waals surface area contributed by atoms with Crippen molar-refractivity contribution in [3.8, 4) is 0 Å². The van der Waals surface area contributed by atoms with E-state index in [9.17, 15) is 9.59 Å². The van der Waals surface area contributed by atoms with Crippen LogP contribution >= 0.6 is 0 Å². The Morgan fingerprint density at radius 1 is 1.18 bits per heavy atom. The average molecular weight is 294 g/mol. The predicted octanol–water partition coefficient (Wildman–Crippen LogP) is 3.06. The van der Waals surface area contributed by atoms with E-state index in [1.807, 2.05) is 49.4 Å². The van der Waals surface area contributed by atoms with Crippen LogP contribution in [0.2, 0.25) is 0 Å². The van der Waals surface area contributed by atoms with E-state index in [1.165, 1.54) is 0 Å². The summed E-state index contributed by atoms with van der Waals surface area (Å²) in [5.41, 5.74) is 4.82. The van der Waals surface area contributed by atoms with E-state index in [0.717, 1.165) is 28.1 Å². The maximum Gasteiger partial charge on any atom is 0.228 e. The molecule has 0 bridgehead atoms. The van der Waals surface area contributed by atoms with Crippen LogP contribution in [0.1, 0.15) is 23.1 Å². The summed E-state index contributed by atoms with van der Waals surface area (Å²) in [4.78, 5) is 23.5. The minimum absolute atomic E-state index is 0.0367. The Balaban J connectivity index is 1.68. The van der Waals surface area contributed by atoms with Gasteiger partial charge in [-0.1, -0.05) is 29.8 Å². The van der Waals surface area contributed by atoms with Gasteiger partial charge in [0.25, 0.3) is 0 Å². The highest BCUT2D eigenvalue weighted by Gasteiger charge is 2.15. The first-order chi connectivity index (χ1) is 10.6. The van der Waals surface area contributed by atoms with Gasteiger partial charge in [-0.25, -0.2) is 0 Å². The third-order valence-corrected chi connectivity index (χ3v) is 3.73. The number of hydrogen-bond acceptors (Lipinski definition) is 2. The van der Waals surface area contributed by atoms with Gasteiger partial charge in [0, 0.05) is 17.8 Å². The highest BCUT2D eigenvalue weighted by molar-refractivity contribution is 5.96. The van der Waals surface area contributed by atoms with Crippen LogP contribution in [0.3, 0.4) is 0 Å². The summed E-state index contributed by atoms with van der Waals surface area (Å²) in [5, 5.41) is 5.75. The van der Waals surface area contributed by atoms with Crippen LogP contribution in [0.25, 0.3) is 0 Å². The van der Waals surface area contributed by atoms with Gasteiger partial charge in [-0.3, -0.25) is 9.59 Å². The second-order valence-electron chi connectivity index (χ2n) is 5.63. The lowest BCUT2D eigenvalue weighted by atomic mass is 10.0. The fourth-order valence-electron chi connectivity index (χ4n) is 2.67. The smallest absolute Gasteiger partial charge is 0.228 e. The van der Waals surface area contributed by atoms with Crippen molar-refractivity contribution in [3.05, 3.63) is 59.2 Å². The molecule has 0 unspecified atom stereocenters. The molecule has 0 spiro atoms. The van der Waals surface area contributed by atoms with Crippen molar-refractivity contribution in [2.24, 2.45) is 0 Å². The number of carbonyl (C=O) groups is 2. The first kappa shape index (κ1) is 14.3. The zero-order valence-electron chi connectivity index (χ0n) is 12.5. The Labute approximate surface area is 129 Å². The third kappa shape index (κ3) is 3.34. The predicted molar refractivity (Wildman–Crippen MR) is 86.9 cm³/mol. The molecule has 2 N–H and O–H groups in total. The lowest BCUT2D eigenvalue weighted by Crippen LogP contribution is -2.19. The number of aryl methyl sites for hydroxylation is 2. The first-order valence-corrected chi connectivity index (χ1v) is 7.38. The normalized spacial score (nSPS) is 13.2. The topological polar surface area (TPSA) is 58.2 Å². The van der Waals surface area contributed by atoms with Gasteiger partial charge in [0.05, 0.1) is 6.42 Å². The summed E-state index contributed by atoms with van der Waals surface area (Å²) in [5.74, 6) is 0.00845. The molecule has 0 aliphatic carbocycles. The van der Waals surface area contributed by atoms with Crippen molar-refractivity contribution in [2.45, 2.75) is 26.2 Å². The number of hydrogen-bond donors (Lipinski definition) is 2. The molecule has 0 aromatic heterocycles. The molecule has 2 aromatic carbocycles. The zero-order chi connectivity index (χ0) is 15.5. The van der Waals surface area contributed by atoms with Gasteiger partial charge in [0.2, 0.25) is 11.8 Å². The number of amides is 2. The zero-order valence-corrected chi connectivity index (χ0v) is 12.5. The number of rotatable bonds is 3. The Morgan fingerprint density at radius 2 is 2.05 bits per heavy atom. The highest BCUT2D eigenvalue weighted by Crippen LogP contribution is 2.25. The van der Waals surface area contributed by atoms with Gasteiger partial charge < -0.3 is 10.6 Å². The van der Waals surface area contributed by atoms with Crippen molar-refractivity contribution in [1.82, 2.24) is 0 Å². The quantitative estimate of drug-likeness (QED) is 0.914. The standard InChI is InChI=1S/C18H18N2O2/c1-12-3-2-4-13(9-12)10-18(22)19-15-6-7-16-14(11-15)5-8-17(21)20-16/h2-4,6-7,9,11H,5,8,10H2,1H3,(H,19,22)(H,20,21). The fraction of sp³-hybridized carbons (Fsp3) is 0.222. The van der Waals surface area contributed by atoms with Gasteiger partial charge in [-0.15, -0.1) is 0 Å². The molecule has 0 radical (unpaired) electrons. The Hall–Kier alpha value is -2.62. The van der Waals surface area contributed by atoms with E-state index in [2.05, 4.69) is 10.6 Å². The monoisotopic (exact) mass is 294 g/mol. The summed E-state index contributed by atoms with van der Waals surface area (Å²) in [6.45, 7) is 2.01. The molecule has 4 nitrogen and oxygen atoms in total. The average Bonchev–Trinajstić information content (AvgIpc) is 2.47. The van der Waals surface area contributed by atoms with Gasteiger partial charge in [-0.05, 0) is 42.7 Å². The number of fused-ring (bicyclic) bond motifs is 1. The summed E-state index contributed by atoms with van der Waals surface area (Å²) >= 11 is 0. The third-order valence-electron chi connectivity index (χ3n) is 3.73. The van der Waals surface area contributed by atoms with Crippen LogP contribution in [0, 0.1) is 6.92 Å². The summed E-state index contributed by atoms with van der Waals surface area (Å²) in [6.07, 6.45) is 1.56. The number of nitrogens with one attached hydrogen (secondary N) is 2. The van der Waals surface area contributed by atoms with Crippen LogP contribution in [0.15, 0.2) is 42.5 Å². The maximum atomic E-state index is 12.1. The molecule has 0 atom stereocenters. The van der Waals surface area contributed by atoms with E-state index in [1.54, 1.807) is 0 Å². The lowest BCUT2D eigenvalue weighted by Gasteiger charge is -2.17. The van der Waals surface area contributed by atoms with Crippen molar-refractivity contribution in [1.29, 1.82) is 0 Å². The summed E-state index contributed by atoms with van der Waals surface area (Å²) in [6, 6.07) is 13.5. The van der Waals surface area contributed by atoms with E-state index >= 15 is 0 Å². The SMILES string of the molecule is Cc1cccc(CC(=O)Nc2ccc3c(c2)CCC(=O)N3)c1. The van der Waals surface area contributed by atoms with Gasteiger partial charge >= 0.3 is 0 Å². The molecule has 1 heterocycles. The lowest BCUT2D eigenvalue weighted by molar-refractivity contribution is -0.117. The van der Waals surface area contributed by atoms with Crippen LogP contribution in [0.5, 0.6) is 0 Å². The molecule has 0 saturated carbocycles. The highest BCUT2D eigenvalue weighted by atomic mass is 16.2. The second kappa shape index (κ2) is 6.02. The molecule has 1 aliphatic heterocycles. The van der Waals surface area contributed by atoms with Crippen LogP contribution < -0.4 is 10.6 Å². The van der Waals surface area contributed by atoms with Gasteiger partial charge in [0.1, 0.15) is 0 Å². The summed E-state index contributed by atoms with van der Waals surface area (Å²) in [7, 11) is 0. The Morgan fingerprint density at radius 3 is 2.86 bits per heavy atom. The number of benzene rings is 2. The fourth-order valence-corrected chi connectivity index (χ4v) is 2.67. The van der Waals surface area contributed by atoms with Crippen LogP contribution in [0.4, 0.5) is 11.4 Å². The molecule has 22 heavy (non-hydrogen) atoms. The van der Waals surface area contributed by atoms with Crippen LogP contribution in [-0.2, 0) is 22.4 Å². The molecule has 112 valence electrons. The van der Waals surface area contributed by atoms with Gasteiger partial charge in [0.15, 0.2) is 0 Å². The molecule has 1 aliphatic rings. The van der Waals surface area contributed by atoms with Gasteiger partial charge in [-0.2, -0.15) is 0 Å². The molecule has 3 rings (SSSR count). The number of carbonyl (C=O) groups excluding carboxylic acids is 2. The maximum absolute atomic E-state index is 12.1. The largest absolute Gasteiger partial charge is 0.326 e. The van der Waals surface area contributed by atoms with E-state index in [0.29, 0.717) is 19.3 Å². The first-order valence-electron chi connectivity index (χ1n) is 7.38. The molecular formula is C18H18N2O2. The van der Waals surface area contributed by atoms with Crippen molar-refractivity contribution >= 4 is 23.2 Å². The molecule has 2 aromatic rings. The minimum atomic E-state index is -0.0367. The van der Waals surface area contributed by atoms with E-state index < -0.39 is 0 Å². The second-order valence-corrected chi connectivity index (χ2v) is 5.63.